The van der Waals surface area contributed by atoms with Crippen molar-refractivity contribution in [2.75, 3.05) is 42.6 Å². The maximum atomic E-state index is 13.8. The molecular formula is C24H31FN2O3. The molecule has 2 saturated heterocycles. The first-order chi connectivity index (χ1) is 14.6. The fourth-order valence-corrected chi connectivity index (χ4v) is 3.71. The van der Waals surface area contributed by atoms with Crippen molar-refractivity contribution in [2.45, 2.75) is 40.2 Å². The topological polar surface area (TPSA) is 42.0 Å². The highest BCUT2D eigenvalue weighted by Crippen LogP contribution is 2.30. The zero-order chi connectivity index (χ0) is 21.5. The van der Waals surface area contributed by atoms with Crippen molar-refractivity contribution in [2.24, 2.45) is 0 Å². The second-order valence-electron chi connectivity index (χ2n) is 7.26. The Bertz CT molecular complexity index is 866. The third-order valence-corrected chi connectivity index (χ3v) is 5.34. The average molecular weight is 415 g/mol. The number of anilines is 2. The number of aryl methyl sites for hydroxylation is 1. The molecular weight excluding hydrogens is 383 g/mol. The van der Waals surface area contributed by atoms with E-state index in [1.165, 1.54) is 6.07 Å². The van der Waals surface area contributed by atoms with Gasteiger partial charge in [-0.1, -0.05) is 19.9 Å². The summed E-state index contributed by atoms with van der Waals surface area (Å²) in [6.45, 7) is 9.80. The van der Waals surface area contributed by atoms with E-state index in [-0.39, 0.29) is 11.7 Å². The van der Waals surface area contributed by atoms with Crippen molar-refractivity contribution in [1.29, 1.82) is 0 Å². The summed E-state index contributed by atoms with van der Waals surface area (Å²) in [5.41, 5.74) is 3.55. The van der Waals surface area contributed by atoms with E-state index >= 15 is 0 Å². The summed E-state index contributed by atoms with van der Waals surface area (Å²) < 4.78 is 25.2. The van der Waals surface area contributed by atoms with Gasteiger partial charge in [0.1, 0.15) is 18.2 Å². The van der Waals surface area contributed by atoms with E-state index in [1.54, 1.807) is 19.1 Å². The standard InChI is InChI=1S/C22H25FN2O3.C2H6/c1-16-4-6-19(14-20(16)23)28-15-17-13-18(25-8-2-3-22(25)26)5-7-21(17)24-9-11-27-12-10-24;1-2/h4-7,13-14H,2-3,8-12,15H2,1H3;1-2H3. The molecule has 6 heteroatoms. The molecule has 2 aliphatic heterocycles. The van der Waals surface area contributed by atoms with E-state index in [9.17, 15) is 9.18 Å². The van der Waals surface area contributed by atoms with E-state index in [1.807, 2.05) is 30.9 Å². The van der Waals surface area contributed by atoms with Gasteiger partial charge < -0.3 is 19.3 Å². The van der Waals surface area contributed by atoms with Gasteiger partial charge in [0.25, 0.3) is 0 Å². The van der Waals surface area contributed by atoms with Gasteiger partial charge in [-0.2, -0.15) is 0 Å². The second-order valence-corrected chi connectivity index (χ2v) is 7.26. The van der Waals surface area contributed by atoms with Crippen LogP contribution in [0.25, 0.3) is 0 Å². The number of rotatable bonds is 5. The minimum Gasteiger partial charge on any atom is -0.489 e. The Balaban J connectivity index is 0.00000124. The Morgan fingerprint density at radius 1 is 1.07 bits per heavy atom. The summed E-state index contributed by atoms with van der Waals surface area (Å²) in [5.74, 6) is 0.382. The second kappa shape index (κ2) is 10.4. The number of amides is 1. The molecule has 30 heavy (non-hydrogen) atoms. The van der Waals surface area contributed by atoms with Crippen LogP contribution in [0.1, 0.15) is 37.8 Å². The molecule has 1 amide bonds. The summed E-state index contributed by atoms with van der Waals surface area (Å²) in [6, 6.07) is 11.0. The summed E-state index contributed by atoms with van der Waals surface area (Å²) in [6.07, 6.45) is 1.48. The van der Waals surface area contributed by atoms with E-state index in [0.717, 1.165) is 43.0 Å². The van der Waals surface area contributed by atoms with Crippen LogP contribution in [0, 0.1) is 12.7 Å². The van der Waals surface area contributed by atoms with E-state index < -0.39 is 0 Å². The van der Waals surface area contributed by atoms with Crippen LogP contribution in [0.15, 0.2) is 36.4 Å². The van der Waals surface area contributed by atoms with Crippen LogP contribution in [0.3, 0.4) is 0 Å². The minimum atomic E-state index is -0.276. The lowest BCUT2D eigenvalue weighted by atomic mass is 10.1. The van der Waals surface area contributed by atoms with Crippen molar-refractivity contribution >= 4 is 17.3 Å². The highest BCUT2D eigenvalue weighted by atomic mass is 19.1. The molecule has 2 aliphatic rings. The molecule has 0 N–H and O–H groups in total. The van der Waals surface area contributed by atoms with Crippen molar-refractivity contribution < 1.29 is 18.7 Å². The van der Waals surface area contributed by atoms with Crippen LogP contribution in [0.2, 0.25) is 0 Å². The van der Waals surface area contributed by atoms with Gasteiger partial charge in [-0.05, 0) is 43.2 Å². The van der Waals surface area contributed by atoms with Gasteiger partial charge in [0.2, 0.25) is 5.91 Å². The maximum absolute atomic E-state index is 13.8. The van der Waals surface area contributed by atoms with Crippen molar-refractivity contribution in [3.63, 3.8) is 0 Å². The van der Waals surface area contributed by atoms with Gasteiger partial charge >= 0.3 is 0 Å². The van der Waals surface area contributed by atoms with Crippen LogP contribution >= 0.6 is 0 Å². The maximum Gasteiger partial charge on any atom is 0.227 e. The zero-order valence-electron chi connectivity index (χ0n) is 18.1. The van der Waals surface area contributed by atoms with E-state index in [0.29, 0.717) is 37.6 Å². The van der Waals surface area contributed by atoms with Crippen LogP contribution in [0.4, 0.5) is 15.8 Å². The largest absolute Gasteiger partial charge is 0.489 e. The van der Waals surface area contributed by atoms with E-state index in [2.05, 4.69) is 11.0 Å². The summed E-state index contributed by atoms with van der Waals surface area (Å²) in [4.78, 5) is 16.3. The number of morpholine rings is 1. The molecule has 2 aromatic carbocycles. The predicted octanol–water partition coefficient (Wildman–Crippen LogP) is 4.70. The fraction of sp³-hybridized carbons (Fsp3) is 0.458. The van der Waals surface area contributed by atoms with Crippen molar-refractivity contribution in [3.05, 3.63) is 53.3 Å². The number of nitrogens with zero attached hydrogens (tertiary/aromatic N) is 2. The number of benzene rings is 2. The van der Waals surface area contributed by atoms with Crippen molar-refractivity contribution in [3.8, 4) is 5.75 Å². The Kier molecular flexibility index (Phi) is 7.69. The molecule has 0 aliphatic carbocycles. The van der Waals surface area contributed by atoms with Crippen LogP contribution in [-0.2, 0) is 16.1 Å². The first kappa shape index (κ1) is 22.1. The van der Waals surface area contributed by atoms with Gasteiger partial charge in [0, 0.05) is 49.1 Å². The molecule has 0 aromatic heterocycles. The Morgan fingerprint density at radius 3 is 2.50 bits per heavy atom. The zero-order valence-corrected chi connectivity index (χ0v) is 18.1. The number of carbonyl (C=O) groups is 1. The summed E-state index contributed by atoms with van der Waals surface area (Å²) in [5, 5.41) is 0. The van der Waals surface area contributed by atoms with Gasteiger partial charge in [-0.3, -0.25) is 4.79 Å². The molecule has 4 rings (SSSR count). The first-order valence-electron chi connectivity index (χ1n) is 10.8. The smallest absolute Gasteiger partial charge is 0.227 e. The number of hydrogen-bond acceptors (Lipinski definition) is 4. The molecule has 162 valence electrons. The monoisotopic (exact) mass is 414 g/mol. The number of hydrogen-bond donors (Lipinski definition) is 0. The number of ether oxygens (including phenoxy) is 2. The van der Waals surface area contributed by atoms with Gasteiger partial charge in [-0.25, -0.2) is 4.39 Å². The molecule has 0 saturated carbocycles. The summed E-state index contributed by atoms with van der Waals surface area (Å²) >= 11 is 0. The van der Waals surface area contributed by atoms with Gasteiger partial charge in [-0.15, -0.1) is 0 Å². The molecule has 2 fully saturated rings. The normalized spacial score (nSPS) is 16.3. The van der Waals surface area contributed by atoms with E-state index in [4.69, 9.17) is 9.47 Å². The Hall–Kier alpha value is -2.60. The lowest BCUT2D eigenvalue weighted by Gasteiger charge is -2.31. The quantitative estimate of drug-likeness (QED) is 0.711. The third kappa shape index (κ3) is 5.11. The highest BCUT2D eigenvalue weighted by molar-refractivity contribution is 5.95. The molecule has 2 heterocycles. The molecule has 0 atom stereocenters. The Morgan fingerprint density at radius 2 is 1.83 bits per heavy atom. The Labute approximate surface area is 178 Å². The summed E-state index contributed by atoms with van der Waals surface area (Å²) in [7, 11) is 0. The number of halogens is 1. The molecule has 0 bridgehead atoms. The molecule has 5 nitrogen and oxygen atoms in total. The predicted molar refractivity (Wildman–Crippen MR) is 118 cm³/mol. The SMILES string of the molecule is CC.Cc1ccc(OCc2cc(N3CCCC3=O)ccc2N2CCOCC2)cc1F. The molecule has 2 aromatic rings. The minimum absolute atomic E-state index is 0.159. The first-order valence-corrected chi connectivity index (χ1v) is 10.8. The van der Waals surface area contributed by atoms with Gasteiger partial charge in [0.05, 0.1) is 13.2 Å². The average Bonchev–Trinajstić information content (AvgIpc) is 3.22. The van der Waals surface area contributed by atoms with Gasteiger partial charge in [0.15, 0.2) is 0 Å². The van der Waals surface area contributed by atoms with Crippen LogP contribution in [0.5, 0.6) is 5.75 Å². The van der Waals surface area contributed by atoms with Crippen LogP contribution < -0.4 is 14.5 Å². The highest BCUT2D eigenvalue weighted by Gasteiger charge is 2.23. The van der Waals surface area contributed by atoms with Crippen molar-refractivity contribution in [1.82, 2.24) is 0 Å². The number of carbonyl (C=O) groups excluding carboxylic acids is 1. The third-order valence-electron chi connectivity index (χ3n) is 5.34. The van der Waals surface area contributed by atoms with Crippen LogP contribution in [-0.4, -0.2) is 38.8 Å². The molecule has 0 spiro atoms. The molecule has 0 unspecified atom stereocenters. The fourth-order valence-electron chi connectivity index (χ4n) is 3.71. The lowest BCUT2D eigenvalue weighted by Crippen LogP contribution is -2.37. The molecule has 0 radical (unpaired) electrons. The lowest BCUT2D eigenvalue weighted by molar-refractivity contribution is -0.117.